The third-order valence-corrected chi connectivity index (χ3v) is 6.67. The lowest BCUT2D eigenvalue weighted by molar-refractivity contribution is -0.120. The SMILES string of the molecule is COc1ccc(CC(=O)NCCN2CCN(c3nc(Cc4ccc(C)cc4)ns3)CC2)cc1. The number of anilines is 1. The Kier molecular flexibility index (Phi) is 7.91. The highest BCUT2D eigenvalue weighted by atomic mass is 32.1. The summed E-state index contributed by atoms with van der Waals surface area (Å²) < 4.78 is 9.72. The molecule has 0 unspecified atom stereocenters. The fraction of sp³-hybridized carbons (Fsp3) is 0.400. The maximum absolute atomic E-state index is 12.2. The van der Waals surface area contributed by atoms with Gasteiger partial charge in [0.15, 0.2) is 0 Å². The molecule has 1 aliphatic rings. The second kappa shape index (κ2) is 11.2. The van der Waals surface area contributed by atoms with Gasteiger partial charge in [-0.1, -0.05) is 42.0 Å². The van der Waals surface area contributed by atoms with Crippen LogP contribution >= 0.6 is 11.5 Å². The molecule has 2 aromatic carbocycles. The van der Waals surface area contributed by atoms with E-state index in [0.29, 0.717) is 13.0 Å². The zero-order valence-electron chi connectivity index (χ0n) is 19.3. The number of rotatable bonds is 9. The number of methoxy groups -OCH3 is 1. The zero-order valence-corrected chi connectivity index (χ0v) is 20.1. The van der Waals surface area contributed by atoms with Gasteiger partial charge in [0.1, 0.15) is 11.6 Å². The molecule has 0 aliphatic carbocycles. The molecule has 2 heterocycles. The number of benzene rings is 2. The summed E-state index contributed by atoms with van der Waals surface area (Å²) in [5, 5.41) is 4.04. The van der Waals surface area contributed by atoms with E-state index >= 15 is 0 Å². The van der Waals surface area contributed by atoms with Gasteiger partial charge in [0.25, 0.3) is 0 Å². The Morgan fingerprint density at radius 3 is 2.42 bits per heavy atom. The van der Waals surface area contributed by atoms with E-state index in [-0.39, 0.29) is 5.91 Å². The second-order valence-corrected chi connectivity index (χ2v) is 9.09. The standard InChI is InChI=1S/C25H31N5O2S/c1-19-3-5-20(6-4-19)17-23-27-25(33-28-23)30-15-13-29(14-16-30)12-11-26-24(31)18-21-7-9-22(32-2)10-8-21/h3-10H,11-18H2,1-2H3,(H,26,31). The quantitative estimate of drug-likeness (QED) is 0.524. The fourth-order valence-electron chi connectivity index (χ4n) is 3.84. The molecule has 174 valence electrons. The normalized spacial score (nSPS) is 14.3. The molecule has 7 nitrogen and oxygen atoms in total. The van der Waals surface area contributed by atoms with Crippen molar-refractivity contribution in [3.8, 4) is 5.75 Å². The lowest BCUT2D eigenvalue weighted by Gasteiger charge is -2.34. The number of ether oxygens (including phenoxy) is 1. The Morgan fingerprint density at radius 2 is 1.73 bits per heavy atom. The summed E-state index contributed by atoms with van der Waals surface area (Å²) in [7, 11) is 1.64. The van der Waals surface area contributed by atoms with Crippen LogP contribution < -0.4 is 15.0 Å². The smallest absolute Gasteiger partial charge is 0.224 e. The Hall–Kier alpha value is -2.97. The maximum Gasteiger partial charge on any atom is 0.224 e. The monoisotopic (exact) mass is 465 g/mol. The molecule has 1 amide bonds. The lowest BCUT2D eigenvalue weighted by Crippen LogP contribution is -2.48. The highest BCUT2D eigenvalue weighted by Gasteiger charge is 2.20. The van der Waals surface area contributed by atoms with Gasteiger partial charge in [0.2, 0.25) is 11.0 Å². The Morgan fingerprint density at radius 1 is 1.03 bits per heavy atom. The number of piperazine rings is 1. The zero-order chi connectivity index (χ0) is 23.0. The number of aromatic nitrogens is 2. The maximum atomic E-state index is 12.2. The van der Waals surface area contributed by atoms with Gasteiger partial charge < -0.3 is 15.0 Å². The molecule has 3 aromatic rings. The van der Waals surface area contributed by atoms with Crippen molar-refractivity contribution in [2.24, 2.45) is 0 Å². The third kappa shape index (κ3) is 6.76. The number of hydrogen-bond acceptors (Lipinski definition) is 7. The van der Waals surface area contributed by atoms with Gasteiger partial charge >= 0.3 is 0 Å². The molecule has 0 radical (unpaired) electrons. The number of carbonyl (C=O) groups is 1. The predicted octanol–water partition coefficient (Wildman–Crippen LogP) is 2.93. The van der Waals surface area contributed by atoms with E-state index in [0.717, 1.165) is 61.4 Å². The van der Waals surface area contributed by atoms with Crippen molar-refractivity contribution in [3.05, 3.63) is 71.0 Å². The number of amides is 1. The molecule has 0 bridgehead atoms. The Labute approximate surface area is 199 Å². The molecule has 1 N–H and O–H groups in total. The summed E-state index contributed by atoms with van der Waals surface area (Å²) in [4.78, 5) is 21.7. The van der Waals surface area contributed by atoms with Crippen molar-refractivity contribution in [3.63, 3.8) is 0 Å². The van der Waals surface area contributed by atoms with Crippen LogP contribution in [-0.4, -0.2) is 66.5 Å². The number of hydrogen-bond donors (Lipinski definition) is 1. The minimum Gasteiger partial charge on any atom is -0.497 e. The van der Waals surface area contributed by atoms with Crippen molar-refractivity contribution >= 4 is 22.6 Å². The molecule has 1 fully saturated rings. The predicted molar refractivity (Wildman–Crippen MR) is 132 cm³/mol. The van der Waals surface area contributed by atoms with Crippen molar-refractivity contribution in [2.75, 3.05) is 51.3 Å². The van der Waals surface area contributed by atoms with Crippen LogP contribution in [0.4, 0.5) is 5.13 Å². The fourth-order valence-corrected chi connectivity index (χ4v) is 4.58. The molecule has 0 saturated carbocycles. The molecule has 4 rings (SSSR count). The van der Waals surface area contributed by atoms with Crippen LogP contribution in [0, 0.1) is 6.92 Å². The van der Waals surface area contributed by atoms with Gasteiger partial charge in [0, 0.05) is 57.2 Å². The van der Waals surface area contributed by atoms with Crippen molar-refractivity contribution in [1.82, 2.24) is 19.6 Å². The van der Waals surface area contributed by atoms with Crippen molar-refractivity contribution in [2.45, 2.75) is 19.8 Å². The van der Waals surface area contributed by atoms with E-state index in [1.165, 1.54) is 22.7 Å². The first kappa shape index (κ1) is 23.2. The molecular formula is C25H31N5O2S. The van der Waals surface area contributed by atoms with Gasteiger partial charge in [-0.05, 0) is 30.2 Å². The highest BCUT2D eigenvalue weighted by molar-refractivity contribution is 7.09. The molecule has 1 saturated heterocycles. The van der Waals surface area contributed by atoms with Gasteiger partial charge in [-0.15, -0.1) is 0 Å². The summed E-state index contributed by atoms with van der Waals surface area (Å²) >= 11 is 1.49. The summed E-state index contributed by atoms with van der Waals surface area (Å²) in [5.74, 6) is 1.74. The van der Waals surface area contributed by atoms with Crippen LogP contribution in [0.15, 0.2) is 48.5 Å². The van der Waals surface area contributed by atoms with Gasteiger partial charge in [-0.3, -0.25) is 9.69 Å². The largest absolute Gasteiger partial charge is 0.497 e. The van der Waals surface area contributed by atoms with E-state index in [9.17, 15) is 4.79 Å². The molecule has 0 atom stereocenters. The molecule has 1 aromatic heterocycles. The molecule has 1 aliphatic heterocycles. The summed E-state index contributed by atoms with van der Waals surface area (Å²) in [5.41, 5.74) is 3.49. The van der Waals surface area contributed by atoms with E-state index in [1.807, 2.05) is 24.3 Å². The van der Waals surface area contributed by atoms with Crippen LogP contribution in [-0.2, 0) is 17.6 Å². The van der Waals surface area contributed by atoms with Gasteiger partial charge in [-0.25, -0.2) is 4.98 Å². The van der Waals surface area contributed by atoms with Crippen LogP contribution in [0.3, 0.4) is 0 Å². The Balaban J connectivity index is 1.16. The van der Waals surface area contributed by atoms with Crippen LogP contribution in [0.5, 0.6) is 5.75 Å². The molecular weight excluding hydrogens is 434 g/mol. The number of nitrogens with zero attached hydrogens (tertiary/aromatic N) is 4. The number of carbonyl (C=O) groups excluding carboxylic acids is 1. The lowest BCUT2D eigenvalue weighted by atomic mass is 10.1. The summed E-state index contributed by atoms with van der Waals surface area (Å²) in [6, 6.07) is 16.2. The average Bonchev–Trinajstić information content (AvgIpc) is 3.30. The first-order valence-corrected chi connectivity index (χ1v) is 12.1. The van der Waals surface area contributed by atoms with Crippen LogP contribution in [0.1, 0.15) is 22.5 Å². The molecule has 8 heteroatoms. The van der Waals surface area contributed by atoms with Gasteiger partial charge in [-0.2, -0.15) is 4.37 Å². The van der Waals surface area contributed by atoms with E-state index in [1.54, 1.807) is 7.11 Å². The van der Waals surface area contributed by atoms with Gasteiger partial charge in [0.05, 0.1) is 13.5 Å². The van der Waals surface area contributed by atoms with Crippen LogP contribution in [0.2, 0.25) is 0 Å². The number of aryl methyl sites for hydroxylation is 1. The Bertz CT molecular complexity index is 1030. The minimum absolute atomic E-state index is 0.0498. The average molecular weight is 466 g/mol. The van der Waals surface area contributed by atoms with Crippen LogP contribution in [0.25, 0.3) is 0 Å². The summed E-state index contributed by atoms with van der Waals surface area (Å²) in [6.07, 6.45) is 1.16. The summed E-state index contributed by atoms with van der Waals surface area (Å²) in [6.45, 7) is 7.39. The van der Waals surface area contributed by atoms with E-state index in [2.05, 4.69) is 50.7 Å². The first-order chi connectivity index (χ1) is 16.1. The number of nitrogens with one attached hydrogen (secondary N) is 1. The van der Waals surface area contributed by atoms with E-state index in [4.69, 9.17) is 9.72 Å². The van der Waals surface area contributed by atoms with E-state index < -0.39 is 0 Å². The van der Waals surface area contributed by atoms with Crippen molar-refractivity contribution in [1.29, 1.82) is 0 Å². The first-order valence-electron chi connectivity index (χ1n) is 11.3. The second-order valence-electron chi connectivity index (χ2n) is 8.36. The topological polar surface area (TPSA) is 70.6 Å². The third-order valence-electron chi connectivity index (χ3n) is 5.86. The molecule has 33 heavy (non-hydrogen) atoms. The van der Waals surface area contributed by atoms with Crippen molar-refractivity contribution < 1.29 is 9.53 Å². The minimum atomic E-state index is 0.0498. The highest BCUT2D eigenvalue weighted by Crippen LogP contribution is 2.20. The molecule has 0 spiro atoms.